The minimum Gasteiger partial charge on any atom is -0.478 e. The first-order chi connectivity index (χ1) is 8.82. The first-order valence-corrected chi connectivity index (χ1v) is 5.56. The van der Waals surface area contributed by atoms with Crippen LogP contribution >= 0.6 is 0 Å². The van der Waals surface area contributed by atoms with Crippen molar-refractivity contribution in [2.75, 3.05) is 39.1 Å². The highest BCUT2D eigenvalue weighted by molar-refractivity contribution is 5.88. The van der Waals surface area contributed by atoms with Crippen LogP contribution in [0.3, 0.4) is 0 Å². The van der Waals surface area contributed by atoms with Crippen molar-refractivity contribution < 1.29 is 14.8 Å². The first kappa shape index (κ1) is 14.8. The third-order valence-corrected chi connectivity index (χ3v) is 2.54. The first-order valence-electron chi connectivity index (χ1n) is 5.56. The Morgan fingerprint density at radius 2 is 2.05 bits per heavy atom. The number of nitro groups is 1. The summed E-state index contributed by atoms with van der Waals surface area (Å²) in [6.45, 7) is 1.25. The summed E-state index contributed by atoms with van der Waals surface area (Å²) in [6, 6.07) is 1.02. The fourth-order valence-corrected chi connectivity index (χ4v) is 1.45. The number of rotatable bonds is 6. The van der Waals surface area contributed by atoms with E-state index >= 15 is 0 Å². The molecule has 1 heterocycles. The monoisotopic (exact) mass is 268 g/mol. The quantitative estimate of drug-likeness (QED) is 0.598. The van der Waals surface area contributed by atoms with Crippen LogP contribution < -0.4 is 4.90 Å². The zero-order valence-corrected chi connectivity index (χ0v) is 11.0. The van der Waals surface area contributed by atoms with Gasteiger partial charge in [0.1, 0.15) is 0 Å². The molecule has 0 radical (unpaired) electrons. The van der Waals surface area contributed by atoms with Gasteiger partial charge in [-0.1, -0.05) is 0 Å². The van der Waals surface area contributed by atoms with Crippen molar-refractivity contribution in [2.45, 2.75) is 0 Å². The Balaban J connectivity index is 3.06. The summed E-state index contributed by atoms with van der Waals surface area (Å²) in [7, 11) is 5.46. The lowest BCUT2D eigenvalue weighted by atomic mass is 10.2. The van der Waals surface area contributed by atoms with Gasteiger partial charge in [0.15, 0.2) is 0 Å². The van der Waals surface area contributed by atoms with Crippen LogP contribution in [0.2, 0.25) is 0 Å². The molecule has 1 N–H and O–H groups in total. The van der Waals surface area contributed by atoms with E-state index in [0.29, 0.717) is 13.1 Å². The molecule has 0 fully saturated rings. The van der Waals surface area contributed by atoms with Crippen LogP contribution in [-0.4, -0.2) is 60.1 Å². The summed E-state index contributed by atoms with van der Waals surface area (Å²) in [4.78, 5) is 28.6. The fraction of sp³-hybridized carbons (Fsp3) is 0.455. The summed E-state index contributed by atoms with van der Waals surface area (Å²) in [5.41, 5.74) is -0.502. The lowest BCUT2D eigenvalue weighted by Gasteiger charge is -2.20. The predicted octanol–water partition coefficient (Wildman–Crippen LogP) is 0.686. The summed E-state index contributed by atoms with van der Waals surface area (Å²) >= 11 is 0. The number of carboxylic acid groups (broad SMARTS) is 1. The molecule has 0 bridgehead atoms. The fourth-order valence-electron chi connectivity index (χ4n) is 1.45. The van der Waals surface area contributed by atoms with Crippen molar-refractivity contribution >= 4 is 17.5 Å². The maximum atomic E-state index is 11.0. The number of hydrogen-bond donors (Lipinski definition) is 1. The SMILES string of the molecule is CN(C)CCN(C)c1ncc(C(=O)O)cc1[N+](=O)[O-]. The number of pyridine rings is 1. The van der Waals surface area contributed by atoms with Crippen LogP contribution in [0.1, 0.15) is 10.4 Å². The van der Waals surface area contributed by atoms with Crippen molar-refractivity contribution in [3.63, 3.8) is 0 Å². The summed E-state index contributed by atoms with van der Waals surface area (Å²) < 4.78 is 0. The maximum absolute atomic E-state index is 11.0. The number of aromatic carboxylic acids is 1. The zero-order valence-electron chi connectivity index (χ0n) is 11.0. The molecule has 1 aromatic rings. The van der Waals surface area contributed by atoms with E-state index in [1.807, 2.05) is 19.0 Å². The van der Waals surface area contributed by atoms with Gasteiger partial charge in [0.2, 0.25) is 5.82 Å². The number of carbonyl (C=O) groups is 1. The summed E-state index contributed by atoms with van der Waals surface area (Å²) in [5.74, 6) is -1.07. The molecular formula is C11H16N4O4. The van der Waals surface area contributed by atoms with Crippen LogP contribution in [0.4, 0.5) is 11.5 Å². The molecule has 0 saturated carbocycles. The molecule has 0 spiro atoms. The van der Waals surface area contributed by atoms with Gasteiger partial charge in [-0.05, 0) is 14.1 Å². The van der Waals surface area contributed by atoms with Gasteiger partial charge in [-0.15, -0.1) is 0 Å². The normalized spacial score (nSPS) is 10.5. The number of anilines is 1. The molecule has 0 unspecified atom stereocenters. The van der Waals surface area contributed by atoms with Crippen molar-refractivity contribution in [3.05, 3.63) is 27.9 Å². The molecule has 0 saturated heterocycles. The highest BCUT2D eigenvalue weighted by atomic mass is 16.6. The zero-order chi connectivity index (χ0) is 14.6. The standard InChI is InChI=1S/C11H16N4O4/c1-13(2)4-5-14(3)10-9(15(18)19)6-8(7-12-10)11(16)17/h6-7H,4-5H2,1-3H3,(H,16,17). The Labute approximate surface area is 110 Å². The van der Waals surface area contributed by atoms with Gasteiger partial charge >= 0.3 is 11.7 Å². The molecule has 104 valence electrons. The van der Waals surface area contributed by atoms with E-state index in [2.05, 4.69) is 4.98 Å². The minimum atomic E-state index is -1.24. The molecule has 1 rings (SSSR count). The van der Waals surface area contributed by atoms with E-state index in [4.69, 9.17) is 5.11 Å². The highest BCUT2D eigenvalue weighted by Crippen LogP contribution is 2.25. The van der Waals surface area contributed by atoms with E-state index in [1.165, 1.54) is 0 Å². The van der Waals surface area contributed by atoms with Crippen LogP contribution in [0.5, 0.6) is 0 Å². The van der Waals surface area contributed by atoms with Crippen LogP contribution in [0.25, 0.3) is 0 Å². The molecule has 8 nitrogen and oxygen atoms in total. The largest absolute Gasteiger partial charge is 0.478 e. The van der Waals surface area contributed by atoms with Crippen molar-refractivity contribution in [2.24, 2.45) is 0 Å². The van der Waals surface area contributed by atoms with Crippen LogP contribution in [-0.2, 0) is 0 Å². The molecule has 0 amide bonds. The molecule has 0 aliphatic carbocycles. The van der Waals surface area contributed by atoms with Crippen molar-refractivity contribution in [1.29, 1.82) is 0 Å². The van der Waals surface area contributed by atoms with E-state index < -0.39 is 10.9 Å². The van der Waals surface area contributed by atoms with E-state index in [9.17, 15) is 14.9 Å². The third-order valence-electron chi connectivity index (χ3n) is 2.54. The maximum Gasteiger partial charge on any atom is 0.337 e. The van der Waals surface area contributed by atoms with Gasteiger partial charge in [-0.2, -0.15) is 0 Å². The Kier molecular flexibility index (Phi) is 4.76. The molecule has 0 aliphatic heterocycles. The summed E-state index contributed by atoms with van der Waals surface area (Å²) in [5, 5.41) is 19.8. The molecule has 1 aromatic heterocycles. The van der Waals surface area contributed by atoms with Gasteiger partial charge in [-0.25, -0.2) is 9.78 Å². The average Bonchev–Trinajstić information content (AvgIpc) is 2.34. The molecule has 8 heteroatoms. The molecular weight excluding hydrogens is 252 g/mol. The average molecular weight is 268 g/mol. The number of aromatic nitrogens is 1. The molecule has 0 aromatic carbocycles. The molecule has 19 heavy (non-hydrogen) atoms. The highest BCUT2D eigenvalue weighted by Gasteiger charge is 2.21. The minimum absolute atomic E-state index is 0.164. The van der Waals surface area contributed by atoms with Gasteiger partial charge in [0, 0.05) is 32.4 Å². The van der Waals surface area contributed by atoms with Crippen molar-refractivity contribution in [1.82, 2.24) is 9.88 Å². The Morgan fingerprint density at radius 1 is 1.42 bits per heavy atom. The number of hydrogen-bond acceptors (Lipinski definition) is 6. The van der Waals surface area contributed by atoms with Gasteiger partial charge in [0.25, 0.3) is 0 Å². The lowest BCUT2D eigenvalue weighted by molar-refractivity contribution is -0.384. The number of nitrogens with zero attached hydrogens (tertiary/aromatic N) is 4. The second-order valence-corrected chi connectivity index (χ2v) is 4.35. The predicted molar refractivity (Wildman–Crippen MR) is 69.7 cm³/mol. The van der Waals surface area contributed by atoms with Crippen LogP contribution in [0.15, 0.2) is 12.3 Å². The number of carboxylic acids is 1. The lowest BCUT2D eigenvalue weighted by Crippen LogP contribution is -2.29. The van der Waals surface area contributed by atoms with E-state index in [-0.39, 0.29) is 17.1 Å². The summed E-state index contributed by atoms with van der Waals surface area (Å²) in [6.07, 6.45) is 1.12. The second kappa shape index (κ2) is 6.10. The molecule has 0 aliphatic rings. The van der Waals surface area contributed by atoms with Gasteiger partial charge < -0.3 is 14.9 Å². The van der Waals surface area contributed by atoms with Gasteiger partial charge in [-0.3, -0.25) is 10.1 Å². The smallest absolute Gasteiger partial charge is 0.337 e. The topological polar surface area (TPSA) is 99.8 Å². The van der Waals surface area contributed by atoms with E-state index in [0.717, 1.165) is 12.3 Å². The Bertz CT molecular complexity index is 490. The second-order valence-electron chi connectivity index (χ2n) is 4.35. The Hall–Kier alpha value is -2.22. The van der Waals surface area contributed by atoms with Gasteiger partial charge in [0.05, 0.1) is 10.5 Å². The van der Waals surface area contributed by atoms with Crippen LogP contribution in [0, 0.1) is 10.1 Å². The Morgan fingerprint density at radius 3 is 2.53 bits per heavy atom. The third kappa shape index (κ3) is 3.88. The van der Waals surface area contributed by atoms with E-state index in [1.54, 1.807) is 11.9 Å². The number of likely N-dealkylation sites (N-methyl/N-ethyl adjacent to an activating group) is 2. The van der Waals surface area contributed by atoms with Crippen molar-refractivity contribution in [3.8, 4) is 0 Å². The molecule has 0 atom stereocenters.